The van der Waals surface area contributed by atoms with Gasteiger partial charge in [0.1, 0.15) is 0 Å². The van der Waals surface area contributed by atoms with Gasteiger partial charge in [0.2, 0.25) is 0 Å². The van der Waals surface area contributed by atoms with Crippen LogP contribution in [0.1, 0.15) is 83.1 Å². The summed E-state index contributed by atoms with van der Waals surface area (Å²) < 4.78 is 4.91. The molecule has 3 aromatic rings. The van der Waals surface area contributed by atoms with Gasteiger partial charge in [-0.25, -0.2) is 0 Å². The molecule has 0 atom stereocenters. The summed E-state index contributed by atoms with van der Waals surface area (Å²) in [5.41, 5.74) is 3.85. The molecule has 0 spiro atoms. The third kappa shape index (κ3) is 12.9. The topological polar surface area (TPSA) is 3.24 Å². The third-order valence-electron chi connectivity index (χ3n) is 7.93. The molecule has 254 valence electrons. The summed E-state index contributed by atoms with van der Waals surface area (Å²) in [6.45, 7) is 28.8. The second-order valence-corrected chi connectivity index (χ2v) is 30.6. The average Bonchev–Trinajstić information content (AvgIpc) is 2.96. The van der Waals surface area contributed by atoms with Crippen molar-refractivity contribution in [3.63, 3.8) is 0 Å². The Hall–Kier alpha value is -0.865. The third-order valence-corrected chi connectivity index (χ3v) is 29.1. The maximum absolute atomic E-state index is 2.52. The van der Waals surface area contributed by atoms with Crippen LogP contribution in [0.15, 0.2) is 72.8 Å². The SMILES string of the molecule is CC(C)C[As](CC(C)C)c1ccc(N(c2ccc([As](CC(C)C)CC(C)C)cc2)c2ccc([As](CC(C)C)CC(C)C)cc2)cc1. The van der Waals surface area contributed by atoms with Crippen molar-refractivity contribution in [2.45, 2.75) is 114 Å². The number of rotatable bonds is 18. The van der Waals surface area contributed by atoms with Gasteiger partial charge < -0.3 is 0 Å². The molecule has 0 bridgehead atoms. The molecule has 1 nitrogen and oxygen atoms in total. The summed E-state index contributed by atoms with van der Waals surface area (Å²) >= 11 is -3.25. The van der Waals surface area contributed by atoms with Crippen molar-refractivity contribution in [1.29, 1.82) is 0 Å². The van der Waals surface area contributed by atoms with E-state index in [1.54, 1.807) is 13.1 Å². The van der Waals surface area contributed by atoms with Gasteiger partial charge in [-0.3, -0.25) is 0 Å². The van der Waals surface area contributed by atoms with E-state index in [0.717, 1.165) is 35.5 Å². The summed E-state index contributed by atoms with van der Waals surface area (Å²) in [4.78, 5) is 2.52. The normalized spacial score (nSPS) is 12.5. The first-order valence-corrected chi connectivity index (χ1v) is 28.9. The quantitative estimate of drug-likeness (QED) is 0.116. The molecule has 0 aliphatic rings. The molecule has 4 heteroatoms. The second kappa shape index (κ2) is 19.4. The number of anilines is 3. The number of hydrogen-bond donors (Lipinski definition) is 0. The molecule has 0 unspecified atom stereocenters. The Bertz CT molecular complexity index is 1070. The fourth-order valence-electron chi connectivity index (χ4n) is 6.39. The van der Waals surface area contributed by atoms with Gasteiger partial charge in [0.05, 0.1) is 0 Å². The molecule has 0 radical (unpaired) electrons. The van der Waals surface area contributed by atoms with Crippen LogP contribution in [0.25, 0.3) is 0 Å². The van der Waals surface area contributed by atoms with E-state index < -0.39 is 44.0 Å². The minimum atomic E-state index is -1.08. The van der Waals surface area contributed by atoms with Gasteiger partial charge in [-0.2, -0.15) is 0 Å². The van der Waals surface area contributed by atoms with Crippen molar-refractivity contribution >= 4 is 74.1 Å². The zero-order chi connectivity index (χ0) is 34.0. The van der Waals surface area contributed by atoms with Crippen molar-refractivity contribution in [1.82, 2.24) is 0 Å². The van der Waals surface area contributed by atoms with Crippen LogP contribution in [-0.4, -0.2) is 44.0 Å². The van der Waals surface area contributed by atoms with Gasteiger partial charge in [-0.1, -0.05) is 0 Å². The molecule has 0 saturated carbocycles. The Morgan fingerprint density at radius 3 is 0.652 bits per heavy atom. The molecule has 3 aromatic carbocycles. The van der Waals surface area contributed by atoms with Crippen LogP contribution in [0.4, 0.5) is 17.1 Å². The van der Waals surface area contributed by atoms with Crippen molar-refractivity contribution in [2.75, 3.05) is 4.90 Å². The molecule has 0 N–H and O–H groups in total. The van der Waals surface area contributed by atoms with Crippen LogP contribution in [0.3, 0.4) is 0 Å². The predicted octanol–water partition coefficient (Wildman–Crippen LogP) is 11.2. The van der Waals surface area contributed by atoms with Crippen LogP contribution >= 0.6 is 0 Å². The predicted molar refractivity (Wildman–Crippen MR) is 215 cm³/mol. The molecule has 0 aromatic heterocycles. The Balaban J connectivity index is 2.05. The van der Waals surface area contributed by atoms with E-state index in [9.17, 15) is 0 Å². The van der Waals surface area contributed by atoms with Crippen molar-refractivity contribution in [3.8, 4) is 0 Å². The molecular weight excluding hydrogens is 743 g/mol. The fourth-order valence-corrected chi connectivity index (χ4v) is 24.7. The van der Waals surface area contributed by atoms with Gasteiger partial charge in [-0.15, -0.1) is 0 Å². The second-order valence-electron chi connectivity index (χ2n) is 16.0. The Morgan fingerprint density at radius 1 is 0.326 bits per heavy atom. The Kier molecular flexibility index (Phi) is 16.7. The molecule has 0 aliphatic carbocycles. The van der Waals surface area contributed by atoms with E-state index in [2.05, 4.69) is 161 Å². The first-order valence-electron chi connectivity index (χ1n) is 18.1. The van der Waals surface area contributed by atoms with E-state index in [-0.39, 0.29) is 0 Å². The van der Waals surface area contributed by atoms with E-state index in [1.165, 1.54) is 48.3 Å². The fraction of sp³-hybridized carbons (Fsp3) is 0.571. The summed E-state index contributed by atoms with van der Waals surface area (Å²) in [6, 6.07) is 29.4. The zero-order valence-electron chi connectivity index (χ0n) is 31.4. The summed E-state index contributed by atoms with van der Waals surface area (Å²) in [7, 11) is 0. The molecule has 0 amide bonds. The van der Waals surface area contributed by atoms with Crippen molar-refractivity contribution in [2.24, 2.45) is 35.5 Å². The van der Waals surface area contributed by atoms with E-state index in [1.807, 2.05) is 0 Å². The molecule has 0 fully saturated rings. The maximum atomic E-state index is 2.52. The number of nitrogens with zero attached hydrogens (tertiary/aromatic N) is 1. The molecule has 0 aliphatic heterocycles. The average molecular weight is 810 g/mol. The van der Waals surface area contributed by atoms with Gasteiger partial charge in [0.25, 0.3) is 0 Å². The van der Waals surface area contributed by atoms with Gasteiger partial charge in [-0.05, 0) is 0 Å². The first kappa shape index (κ1) is 39.6. The minimum absolute atomic E-state index is 0.768. The van der Waals surface area contributed by atoms with Crippen molar-refractivity contribution in [3.05, 3.63) is 72.8 Å². The van der Waals surface area contributed by atoms with Gasteiger partial charge in [0, 0.05) is 0 Å². The Labute approximate surface area is 299 Å². The van der Waals surface area contributed by atoms with Crippen LogP contribution in [0, 0.1) is 35.5 Å². The first-order chi connectivity index (χ1) is 21.7. The molecular formula is C42H66As3N. The molecule has 0 heterocycles. The van der Waals surface area contributed by atoms with E-state index in [4.69, 9.17) is 0 Å². The van der Waals surface area contributed by atoms with Crippen LogP contribution in [-0.2, 0) is 0 Å². The molecule has 0 saturated heterocycles. The Morgan fingerprint density at radius 2 is 0.500 bits per heavy atom. The summed E-state index contributed by atoms with van der Waals surface area (Å²) in [5.74, 6) is 4.61. The zero-order valence-corrected chi connectivity index (χ0v) is 37.1. The molecule has 46 heavy (non-hydrogen) atoms. The molecule has 3 rings (SSSR count). The van der Waals surface area contributed by atoms with Crippen LogP contribution in [0.2, 0.25) is 31.3 Å². The standard InChI is InChI=1S/C42H66As3N/c1-31(2)25-43(26-32(3)4)37-13-19-40(20-14-37)46(41-21-15-38(16-22-41)44(27-33(5)6)28-34(7)8)42-23-17-39(18-24-42)45(29-35(9)10)30-36(11)12/h13-24,31-36H,25-30H2,1-12H3. The van der Waals surface area contributed by atoms with E-state index in [0.29, 0.717) is 0 Å². The van der Waals surface area contributed by atoms with Crippen LogP contribution in [0.5, 0.6) is 0 Å². The number of hydrogen-bond acceptors (Lipinski definition) is 1. The van der Waals surface area contributed by atoms with Gasteiger partial charge >= 0.3 is 302 Å². The van der Waals surface area contributed by atoms with Crippen molar-refractivity contribution < 1.29 is 0 Å². The monoisotopic (exact) mass is 809 g/mol. The number of benzene rings is 3. The summed E-state index contributed by atoms with van der Waals surface area (Å²) in [5, 5.41) is 8.38. The van der Waals surface area contributed by atoms with Crippen LogP contribution < -0.4 is 18.0 Å². The van der Waals surface area contributed by atoms with Gasteiger partial charge in [0.15, 0.2) is 0 Å². The summed E-state index contributed by atoms with van der Waals surface area (Å²) in [6.07, 6.45) is 0. The van der Waals surface area contributed by atoms with E-state index >= 15 is 0 Å².